The zero-order valence-corrected chi connectivity index (χ0v) is 9.58. The number of nitrogens with zero attached hydrogens (tertiary/aromatic N) is 1. The van der Waals surface area contributed by atoms with Crippen molar-refractivity contribution in [3.63, 3.8) is 0 Å². The molecule has 0 aliphatic carbocycles. The molecule has 0 aromatic heterocycles. The van der Waals surface area contributed by atoms with Crippen LogP contribution in [0.2, 0.25) is 0 Å². The first-order valence-electron chi connectivity index (χ1n) is 5.31. The molecule has 0 bridgehead atoms. The van der Waals surface area contributed by atoms with Crippen LogP contribution < -0.4 is 5.32 Å². The molecule has 1 unspecified atom stereocenters. The van der Waals surface area contributed by atoms with Crippen LogP contribution in [0, 0.1) is 11.8 Å². The molecule has 1 heterocycles. The number of rotatable bonds is 2. The third kappa shape index (κ3) is 2.97. The Hall–Kier alpha value is -1.54. The van der Waals surface area contributed by atoms with E-state index in [1.807, 2.05) is 0 Å². The Morgan fingerprint density at radius 2 is 2.31 bits per heavy atom. The lowest BCUT2D eigenvalue weighted by Gasteiger charge is -2.33. The monoisotopic (exact) mass is 224 g/mol. The predicted octanol–water partition coefficient (Wildman–Crippen LogP) is -0.627. The summed E-state index contributed by atoms with van der Waals surface area (Å²) < 4.78 is 4.92. The van der Waals surface area contributed by atoms with Gasteiger partial charge in [-0.25, -0.2) is 4.79 Å². The van der Waals surface area contributed by atoms with E-state index >= 15 is 0 Å². The fourth-order valence-electron chi connectivity index (χ4n) is 1.58. The summed E-state index contributed by atoms with van der Waals surface area (Å²) in [7, 11) is 0. The van der Waals surface area contributed by atoms with E-state index in [1.165, 1.54) is 4.90 Å². The molecule has 1 aliphatic heterocycles. The number of esters is 1. The van der Waals surface area contributed by atoms with E-state index in [4.69, 9.17) is 4.74 Å². The molecule has 1 rings (SSSR count). The topological polar surface area (TPSA) is 58.6 Å². The normalized spacial score (nSPS) is 19.6. The van der Waals surface area contributed by atoms with Gasteiger partial charge in [0, 0.05) is 19.6 Å². The van der Waals surface area contributed by atoms with E-state index in [1.54, 1.807) is 13.8 Å². The minimum atomic E-state index is -0.554. The minimum Gasteiger partial charge on any atom is -0.464 e. The number of hydrogen-bond donors (Lipinski definition) is 1. The standard InChI is InChI=1S/C11H16N2O3/c1-3-5-10(14)13-7-6-12-8-9(13)11(15)16-4-2/h9,12H,4,6-8H2,1-2H3. The first kappa shape index (κ1) is 12.5. The van der Waals surface area contributed by atoms with Crippen LogP contribution in [-0.4, -0.2) is 49.1 Å². The number of nitrogens with one attached hydrogen (secondary N) is 1. The molecule has 1 saturated heterocycles. The molecule has 1 amide bonds. The lowest BCUT2D eigenvalue weighted by atomic mass is 10.2. The van der Waals surface area contributed by atoms with Gasteiger partial charge >= 0.3 is 5.97 Å². The third-order valence-electron chi connectivity index (χ3n) is 2.29. The van der Waals surface area contributed by atoms with Crippen molar-refractivity contribution in [2.45, 2.75) is 19.9 Å². The van der Waals surface area contributed by atoms with Crippen LogP contribution in [0.25, 0.3) is 0 Å². The van der Waals surface area contributed by atoms with E-state index in [9.17, 15) is 9.59 Å². The summed E-state index contributed by atoms with van der Waals surface area (Å²) in [5, 5.41) is 3.06. The molecule has 0 spiro atoms. The molecular formula is C11H16N2O3. The van der Waals surface area contributed by atoms with Gasteiger partial charge in [0.2, 0.25) is 0 Å². The van der Waals surface area contributed by atoms with Gasteiger partial charge in [0.25, 0.3) is 5.91 Å². The van der Waals surface area contributed by atoms with Gasteiger partial charge in [0.15, 0.2) is 0 Å². The fourth-order valence-corrected chi connectivity index (χ4v) is 1.58. The molecule has 1 fully saturated rings. The van der Waals surface area contributed by atoms with Crippen LogP contribution >= 0.6 is 0 Å². The number of amides is 1. The number of carbonyl (C=O) groups is 2. The molecule has 0 radical (unpaired) electrons. The van der Waals surface area contributed by atoms with Crippen LogP contribution in [0.4, 0.5) is 0 Å². The molecular weight excluding hydrogens is 208 g/mol. The zero-order valence-electron chi connectivity index (χ0n) is 9.58. The lowest BCUT2D eigenvalue weighted by Crippen LogP contribution is -2.57. The summed E-state index contributed by atoms with van der Waals surface area (Å²) in [6, 6.07) is -0.554. The van der Waals surface area contributed by atoms with Gasteiger partial charge < -0.3 is 15.0 Å². The predicted molar refractivity (Wildman–Crippen MR) is 58.5 cm³/mol. The smallest absolute Gasteiger partial charge is 0.330 e. The van der Waals surface area contributed by atoms with Crippen LogP contribution in [0.3, 0.4) is 0 Å². The van der Waals surface area contributed by atoms with Crippen molar-refractivity contribution in [3.05, 3.63) is 0 Å². The van der Waals surface area contributed by atoms with E-state index in [0.29, 0.717) is 26.2 Å². The molecule has 5 heteroatoms. The first-order valence-corrected chi connectivity index (χ1v) is 5.31. The highest BCUT2D eigenvalue weighted by Gasteiger charge is 2.32. The summed E-state index contributed by atoms with van der Waals surface area (Å²) in [5.41, 5.74) is 0. The summed E-state index contributed by atoms with van der Waals surface area (Å²) in [5.74, 6) is 4.29. The number of hydrogen-bond acceptors (Lipinski definition) is 4. The fraction of sp³-hybridized carbons (Fsp3) is 0.636. The molecule has 5 nitrogen and oxygen atoms in total. The highest BCUT2D eigenvalue weighted by Crippen LogP contribution is 2.05. The number of ether oxygens (including phenoxy) is 1. The van der Waals surface area contributed by atoms with Crippen molar-refractivity contribution in [1.82, 2.24) is 10.2 Å². The van der Waals surface area contributed by atoms with Crippen molar-refractivity contribution in [3.8, 4) is 11.8 Å². The van der Waals surface area contributed by atoms with Crippen molar-refractivity contribution in [2.75, 3.05) is 26.2 Å². The minimum absolute atomic E-state index is 0.316. The van der Waals surface area contributed by atoms with Crippen molar-refractivity contribution in [1.29, 1.82) is 0 Å². The quantitative estimate of drug-likeness (QED) is 0.501. The Labute approximate surface area is 95.1 Å². The molecule has 88 valence electrons. The van der Waals surface area contributed by atoms with Crippen molar-refractivity contribution < 1.29 is 14.3 Å². The molecule has 0 aromatic carbocycles. The van der Waals surface area contributed by atoms with Gasteiger partial charge in [-0.05, 0) is 19.8 Å². The molecule has 0 aromatic rings. The van der Waals surface area contributed by atoms with Gasteiger partial charge in [-0.2, -0.15) is 0 Å². The second-order valence-electron chi connectivity index (χ2n) is 3.35. The summed E-state index contributed by atoms with van der Waals surface area (Å²) in [4.78, 5) is 24.7. The Kier molecular flexibility index (Phi) is 4.80. The highest BCUT2D eigenvalue weighted by atomic mass is 16.5. The van der Waals surface area contributed by atoms with E-state index in [0.717, 1.165) is 0 Å². The SMILES string of the molecule is CC#CC(=O)N1CCNCC1C(=O)OCC. The Morgan fingerprint density at radius 1 is 1.56 bits per heavy atom. The van der Waals surface area contributed by atoms with Gasteiger partial charge in [0.1, 0.15) is 6.04 Å². The molecule has 0 saturated carbocycles. The maximum atomic E-state index is 11.6. The Bertz CT molecular complexity index is 330. The van der Waals surface area contributed by atoms with Gasteiger partial charge in [0.05, 0.1) is 6.61 Å². The second-order valence-corrected chi connectivity index (χ2v) is 3.35. The van der Waals surface area contributed by atoms with Crippen LogP contribution in [0.15, 0.2) is 0 Å². The average Bonchev–Trinajstić information content (AvgIpc) is 2.30. The molecule has 16 heavy (non-hydrogen) atoms. The zero-order chi connectivity index (χ0) is 12.0. The number of carbonyl (C=O) groups excluding carboxylic acids is 2. The second kappa shape index (κ2) is 6.13. The maximum Gasteiger partial charge on any atom is 0.330 e. The van der Waals surface area contributed by atoms with Gasteiger partial charge in [-0.15, -0.1) is 0 Å². The lowest BCUT2D eigenvalue weighted by molar-refractivity contribution is -0.154. The van der Waals surface area contributed by atoms with Crippen LogP contribution in [0.1, 0.15) is 13.8 Å². The first-order chi connectivity index (χ1) is 7.70. The summed E-state index contributed by atoms with van der Waals surface area (Å²) in [6.45, 7) is 5.24. The Balaban J connectivity index is 2.73. The van der Waals surface area contributed by atoms with Crippen molar-refractivity contribution >= 4 is 11.9 Å². The van der Waals surface area contributed by atoms with E-state index in [-0.39, 0.29) is 11.9 Å². The van der Waals surface area contributed by atoms with E-state index < -0.39 is 6.04 Å². The molecule has 1 N–H and O–H groups in total. The molecule has 1 atom stereocenters. The van der Waals surface area contributed by atoms with Crippen LogP contribution in [0.5, 0.6) is 0 Å². The Morgan fingerprint density at radius 3 is 2.94 bits per heavy atom. The van der Waals surface area contributed by atoms with E-state index in [2.05, 4.69) is 17.2 Å². The largest absolute Gasteiger partial charge is 0.464 e. The maximum absolute atomic E-state index is 11.6. The van der Waals surface area contributed by atoms with Crippen molar-refractivity contribution in [2.24, 2.45) is 0 Å². The van der Waals surface area contributed by atoms with Gasteiger partial charge in [-0.3, -0.25) is 4.79 Å². The third-order valence-corrected chi connectivity index (χ3v) is 2.29. The summed E-state index contributed by atoms with van der Waals surface area (Å²) in [6.07, 6.45) is 0. The average molecular weight is 224 g/mol. The number of piperazine rings is 1. The molecule has 1 aliphatic rings. The highest BCUT2D eigenvalue weighted by molar-refractivity contribution is 5.96. The van der Waals surface area contributed by atoms with Gasteiger partial charge in [-0.1, -0.05) is 5.92 Å². The van der Waals surface area contributed by atoms with Crippen LogP contribution in [-0.2, 0) is 14.3 Å². The summed E-state index contributed by atoms with van der Waals surface area (Å²) >= 11 is 0.